The number of ether oxygens (including phenoxy) is 1. The summed E-state index contributed by atoms with van der Waals surface area (Å²) in [5, 5.41) is 8.79. The second-order valence-electron chi connectivity index (χ2n) is 4.60. The van der Waals surface area contributed by atoms with E-state index in [1.54, 1.807) is 19.1 Å². The predicted octanol–water partition coefficient (Wildman–Crippen LogP) is 3.99. The van der Waals surface area contributed by atoms with E-state index in [0.717, 1.165) is 17.2 Å². The van der Waals surface area contributed by atoms with Gasteiger partial charge in [0.2, 0.25) is 0 Å². The molecule has 0 atom stereocenters. The zero-order valence-electron chi connectivity index (χ0n) is 11.8. The summed E-state index contributed by atoms with van der Waals surface area (Å²) < 4.78 is 18.6. The fourth-order valence-electron chi connectivity index (χ4n) is 2.06. The van der Waals surface area contributed by atoms with Gasteiger partial charge in [-0.25, -0.2) is 9.18 Å². The number of carboxylic acids is 1. The molecule has 0 amide bonds. The van der Waals surface area contributed by atoms with E-state index in [2.05, 4.69) is 0 Å². The minimum atomic E-state index is -0.992. The molecule has 0 spiro atoms. The maximum atomic E-state index is 13.8. The van der Waals surface area contributed by atoms with Crippen LogP contribution in [0, 0.1) is 5.82 Å². The zero-order chi connectivity index (χ0) is 15.4. The molecule has 0 radical (unpaired) electrons. The first-order valence-electron chi connectivity index (χ1n) is 6.37. The third kappa shape index (κ3) is 3.48. The lowest BCUT2D eigenvalue weighted by atomic mass is 9.99. The van der Waals surface area contributed by atoms with E-state index in [0.29, 0.717) is 11.1 Å². The molecule has 2 rings (SSSR count). The highest BCUT2D eigenvalue weighted by molar-refractivity contribution is 5.90. The van der Waals surface area contributed by atoms with Gasteiger partial charge < -0.3 is 9.84 Å². The van der Waals surface area contributed by atoms with E-state index in [4.69, 9.17) is 9.84 Å². The number of rotatable bonds is 4. The number of hydrogen-bond donors (Lipinski definition) is 1. The van der Waals surface area contributed by atoms with Crippen LogP contribution in [0.25, 0.3) is 16.7 Å². The van der Waals surface area contributed by atoms with Crippen LogP contribution in [0.3, 0.4) is 0 Å². The van der Waals surface area contributed by atoms with Crippen molar-refractivity contribution in [1.29, 1.82) is 0 Å². The van der Waals surface area contributed by atoms with Gasteiger partial charge in [0.25, 0.3) is 0 Å². The van der Waals surface area contributed by atoms with Crippen molar-refractivity contribution in [3.8, 4) is 16.9 Å². The SMILES string of the molecule is COc1ccc(-c2cccc(/C(C)=C/C(=O)O)c2)cc1F. The number of benzene rings is 2. The predicted molar refractivity (Wildman–Crippen MR) is 79.7 cm³/mol. The Kier molecular flexibility index (Phi) is 4.38. The molecule has 21 heavy (non-hydrogen) atoms. The van der Waals surface area contributed by atoms with Crippen molar-refractivity contribution >= 4 is 11.5 Å². The van der Waals surface area contributed by atoms with Gasteiger partial charge in [-0.05, 0) is 47.4 Å². The highest BCUT2D eigenvalue weighted by atomic mass is 19.1. The van der Waals surface area contributed by atoms with Crippen molar-refractivity contribution in [2.45, 2.75) is 6.92 Å². The Labute approximate surface area is 122 Å². The first-order chi connectivity index (χ1) is 10.0. The van der Waals surface area contributed by atoms with E-state index in [1.807, 2.05) is 24.3 Å². The Morgan fingerprint density at radius 3 is 2.52 bits per heavy atom. The second-order valence-corrected chi connectivity index (χ2v) is 4.60. The summed E-state index contributed by atoms with van der Waals surface area (Å²) in [6.07, 6.45) is 1.15. The van der Waals surface area contributed by atoms with Crippen LogP contribution in [0.4, 0.5) is 4.39 Å². The largest absolute Gasteiger partial charge is 0.494 e. The van der Waals surface area contributed by atoms with E-state index < -0.39 is 11.8 Å². The van der Waals surface area contributed by atoms with Crippen molar-refractivity contribution in [1.82, 2.24) is 0 Å². The minimum absolute atomic E-state index is 0.192. The summed E-state index contributed by atoms with van der Waals surface area (Å²) in [5.41, 5.74) is 2.94. The summed E-state index contributed by atoms with van der Waals surface area (Å²) in [7, 11) is 1.42. The summed E-state index contributed by atoms with van der Waals surface area (Å²) in [5.74, 6) is -1.23. The summed E-state index contributed by atoms with van der Waals surface area (Å²) in [6, 6.07) is 12.0. The molecule has 2 aromatic rings. The molecule has 0 saturated carbocycles. The van der Waals surface area contributed by atoms with E-state index in [9.17, 15) is 9.18 Å². The lowest BCUT2D eigenvalue weighted by Crippen LogP contribution is -1.91. The van der Waals surface area contributed by atoms with Gasteiger partial charge >= 0.3 is 5.97 Å². The Morgan fingerprint density at radius 2 is 1.90 bits per heavy atom. The molecule has 0 fully saturated rings. The quantitative estimate of drug-likeness (QED) is 0.864. The van der Waals surface area contributed by atoms with Crippen LogP contribution in [0.1, 0.15) is 12.5 Å². The standard InChI is InChI=1S/C17H15FO3/c1-11(8-17(19)20)12-4-3-5-13(9-12)14-6-7-16(21-2)15(18)10-14/h3-10H,1-2H3,(H,19,20)/b11-8+. The van der Waals surface area contributed by atoms with Gasteiger partial charge in [-0.2, -0.15) is 0 Å². The van der Waals surface area contributed by atoms with Crippen molar-refractivity contribution in [2.24, 2.45) is 0 Å². The van der Waals surface area contributed by atoms with E-state index in [-0.39, 0.29) is 5.75 Å². The fourth-order valence-corrected chi connectivity index (χ4v) is 2.06. The van der Waals surface area contributed by atoms with Gasteiger partial charge in [-0.3, -0.25) is 0 Å². The number of halogens is 1. The van der Waals surface area contributed by atoms with Crippen LogP contribution >= 0.6 is 0 Å². The van der Waals surface area contributed by atoms with Gasteiger partial charge in [0, 0.05) is 6.08 Å². The molecule has 0 saturated heterocycles. The van der Waals surface area contributed by atoms with Gasteiger partial charge in [-0.1, -0.05) is 24.3 Å². The van der Waals surface area contributed by atoms with Crippen LogP contribution in [-0.4, -0.2) is 18.2 Å². The molecule has 0 aliphatic carbocycles. The van der Waals surface area contributed by atoms with Crippen LogP contribution in [0.2, 0.25) is 0 Å². The Morgan fingerprint density at radius 1 is 1.19 bits per heavy atom. The summed E-state index contributed by atoms with van der Waals surface area (Å²) in [6.45, 7) is 1.72. The average Bonchev–Trinajstić information content (AvgIpc) is 2.46. The first-order valence-corrected chi connectivity index (χ1v) is 6.37. The van der Waals surface area contributed by atoms with E-state index >= 15 is 0 Å². The lowest BCUT2D eigenvalue weighted by Gasteiger charge is -2.08. The fraction of sp³-hybridized carbons (Fsp3) is 0.118. The topological polar surface area (TPSA) is 46.5 Å². The van der Waals surface area contributed by atoms with Gasteiger partial charge in [0.15, 0.2) is 11.6 Å². The van der Waals surface area contributed by atoms with Gasteiger partial charge in [0.1, 0.15) is 0 Å². The molecule has 0 aliphatic heterocycles. The van der Waals surface area contributed by atoms with Crippen molar-refractivity contribution in [3.63, 3.8) is 0 Å². The van der Waals surface area contributed by atoms with Crippen molar-refractivity contribution in [3.05, 3.63) is 59.9 Å². The van der Waals surface area contributed by atoms with Crippen LogP contribution in [-0.2, 0) is 4.79 Å². The molecular formula is C17H15FO3. The monoisotopic (exact) mass is 286 g/mol. The Hall–Kier alpha value is -2.62. The Balaban J connectivity index is 2.42. The summed E-state index contributed by atoms with van der Waals surface area (Å²) in [4.78, 5) is 10.7. The minimum Gasteiger partial charge on any atom is -0.494 e. The number of carboxylic acid groups (broad SMARTS) is 1. The molecular weight excluding hydrogens is 271 g/mol. The number of aliphatic carboxylic acids is 1. The molecule has 0 aromatic heterocycles. The molecule has 1 N–H and O–H groups in total. The zero-order valence-corrected chi connectivity index (χ0v) is 11.8. The van der Waals surface area contributed by atoms with Gasteiger partial charge in [-0.15, -0.1) is 0 Å². The third-order valence-corrected chi connectivity index (χ3v) is 3.14. The number of methoxy groups -OCH3 is 1. The maximum absolute atomic E-state index is 13.8. The molecule has 4 heteroatoms. The van der Waals surface area contributed by atoms with Crippen molar-refractivity contribution < 1.29 is 19.0 Å². The molecule has 0 unspecified atom stereocenters. The molecule has 0 heterocycles. The Bertz CT molecular complexity index is 705. The van der Waals surface area contributed by atoms with Crippen molar-refractivity contribution in [2.75, 3.05) is 7.11 Å². The molecule has 108 valence electrons. The summed E-state index contributed by atoms with van der Waals surface area (Å²) >= 11 is 0. The maximum Gasteiger partial charge on any atom is 0.328 e. The van der Waals surface area contributed by atoms with E-state index in [1.165, 1.54) is 13.2 Å². The van der Waals surface area contributed by atoms with Gasteiger partial charge in [0.05, 0.1) is 7.11 Å². The average molecular weight is 286 g/mol. The van der Waals surface area contributed by atoms with Crippen LogP contribution < -0.4 is 4.74 Å². The molecule has 3 nitrogen and oxygen atoms in total. The molecule has 0 aliphatic rings. The first kappa shape index (κ1) is 14.8. The van der Waals surface area contributed by atoms with Crippen LogP contribution in [0.5, 0.6) is 5.75 Å². The number of allylic oxidation sites excluding steroid dienone is 1. The van der Waals surface area contributed by atoms with Crippen LogP contribution in [0.15, 0.2) is 48.5 Å². The smallest absolute Gasteiger partial charge is 0.328 e. The normalized spacial score (nSPS) is 11.3. The number of hydrogen-bond acceptors (Lipinski definition) is 2. The highest BCUT2D eigenvalue weighted by Crippen LogP contribution is 2.27. The molecule has 2 aromatic carbocycles. The highest BCUT2D eigenvalue weighted by Gasteiger charge is 2.06. The lowest BCUT2D eigenvalue weighted by molar-refractivity contribution is -0.131. The second kappa shape index (κ2) is 6.22. The molecule has 0 bridgehead atoms. The third-order valence-electron chi connectivity index (χ3n) is 3.14. The number of carbonyl (C=O) groups is 1.